The van der Waals surface area contributed by atoms with Gasteiger partial charge in [-0.05, 0) is 84.7 Å². The van der Waals surface area contributed by atoms with Crippen molar-refractivity contribution < 1.29 is 13.3 Å². The molecule has 3 aromatic carbocycles. The van der Waals surface area contributed by atoms with Gasteiger partial charge in [0.05, 0.1) is 17.5 Å². The Bertz CT molecular complexity index is 1280. The summed E-state index contributed by atoms with van der Waals surface area (Å²) in [4.78, 5) is 3.20. The lowest BCUT2D eigenvalue weighted by molar-refractivity contribution is 0.198. The SMILES string of the molecule is Cc1cccc(C2=C(c3ccc(O[C@H]4CCN(CCCF)C4)cc3)c3ccc(C)cc3S(=O)CC2)c1. The smallest absolute Gasteiger partial charge is 0.119 e. The first-order valence-electron chi connectivity index (χ1n) is 12.9. The molecular formula is C31H34FNO2S. The topological polar surface area (TPSA) is 29.5 Å². The Morgan fingerprint density at radius 3 is 2.58 bits per heavy atom. The van der Waals surface area contributed by atoms with Crippen molar-refractivity contribution in [2.45, 2.75) is 44.1 Å². The minimum Gasteiger partial charge on any atom is -0.489 e. The normalized spacial score (nSPS) is 20.3. The molecule has 0 aromatic heterocycles. The zero-order valence-electron chi connectivity index (χ0n) is 21.1. The van der Waals surface area contributed by atoms with Gasteiger partial charge in [0.15, 0.2) is 0 Å². The molecule has 3 aromatic rings. The summed E-state index contributed by atoms with van der Waals surface area (Å²) in [5, 5.41) is 0. The van der Waals surface area contributed by atoms with Gasteiger partial charge in [0.25, 0.3) is 0 Å². The van der Waals surface area contributed by atoms with Gasteiger partial charge in [-0.3, -0.25) is 13.5 Å². The predicted molar refractivity (Wildman–Crippen MR) is 147 cm³/mol. The van der Waals surface area contributed by atoms with E-state index in [1.54, 1.807) is 0 Å². The van der Waals surface area contributed by atoms with E-state index in [-0.39, 0.29) is 12.8 Å². The van der Waals surface area contributed by atoms with Gasteiger partial charge in [-0.25, -0.2) is 0 Å². The van der Waals surface area contributed by atoms with Gasteiger partial charge in [-0.1, -0.05) is 54.1 Å². The van der Waals surface area contributed by atoms with Crippen LogP contribution in [0.5, 0.6) is 5.75 Å². The van der Waals surface area contributed by atoms with Gasteiger partial charge in [0.1, 0.15) is 11.9 Å². The second-order valence-electron chi connectivity index (χ2n) is 9.92. The van der Waals surface area contributed by atoms with Crippen LogP contribution in [0.4, 0.5) is 4.39 Å². The standard InChI is InChI=1S/C31H34FNO2S/c1-22-5-3-6-25(19-22)28-14-18-36(34)30-20-23(2)7-12-29(30)31(28)24-8-10-26(11-9-24)35-27-13-17-33(21-27)16-4-15-32/h3,5-12,19-20,27H,4,13-18,21H2,1-2H3/t27-,36?/m0/s1. The van der Waals surface area contributed by atoms with Crippen molar-refractivity contribution in [3.05, 3.63) is 94.5 Å². The molecule has 2 heterocycles. The molecule has 5 rings (SSSR count). The van der Waals surface area contributed by atoms with E-state index < -0.39 is 10.8 Å². The number of hydrogen-bond acceptors (Lipinski definition) is 3. The fourth-order valence-electron chi connectivity index (χ4n) is 5.34. The molecule has 1 saturated heterocycles. The largest absolute Gasteiger partial charge is 0.489 e. The van der Waals surface area contributed by atoms with E-state index in [0.29, 0.717) is 12.2 Å². The minimum atomic E-state index is -1.05. The van der Waals surface area contributed by atoms with Crippen LogP contribution in [0.3, 0.4) is 0 Å². The van der Waals surface area contributed by atoms with Gasteiger partial charge < -0.3 is 4.74 Å². The first-order chi connectivity index (χ1) is 17.5. The van der Waals surface area contributed by atoms with Crippen molar-refractivity contribution in [1.29, 1.82) is 0 Å². The number of halogens is 1. The molecule has 5 heteroatoms. The lowest BCUT2D eigenvalue weighted by Gasteiger charge is -2.18. The highest BCUT2D eigenvalue weighted by Crippen LogP contribution is 2.40. The van der Waals surface area contributed by atoms with Crippen LogP contribution in [0.25, 0.3) is 11.1 Å². The van der Waals surface area contributed by atoms with Crippen LogP contribution >= 0.6 is 0 Å². The van der Waals surface area contributed by atoms with Crippen molar-refractivity contribution in [3.63, 3.8) is 0 Å². The Morgan fingerprint density at radius 1 is 1.00 bits per heavy atom. The molecule has 2 atom stereocenters. The van der Waals surface area contributed by atoms with Crippen LogP contribution in [-0.2, 0) is 10.8 Å². The summed E-state index contributed by atoms with van der Waals surface area (Å²) < 4.78 is 32.1. The average Bonchev–Trinajstić information content (AvgIpc) is 3.27. The highest BCUT2D eigenvalue weighted by Gasteiger charge is 2.25. The fourth-order valence-corrected chi connectivity index (χ4v) is 6.68. The summed E-state index contributed by atoms with van der Waals surface area (Å²) >= 11 is 0. The number of rotatable bonds is 7. The Balaban J connectivity index is 1.50. The Labute approximate surface area is 216 Å². The van der Waals surface area contributed by atoms with Crippen molar-refractivity contribution in [1.82, 2.24) is 4.90 Å². The van der Waals surface area contributed by atoms with E-state index in [1.165, 1.54) is 16.7 Å². The van der Waals surface area contributed by atoms with E-state index in [4.69, 9.17) is 4.74 Å². The average molecular weight is 504 g/mol. The second kappa shape index (κ2) is 11.1. The number of alkyl halides is 1. The van der Waals surface area contributed by atoms with Gasteiger partial charge >= 0.3 is 0 Å². The quantitative estimate of drug-likeness (QED) is 0.364. The fraction of sp³-hybridized carbons (Fsp3) is 0.355. The molecule has 36 heavy (non-hydrogen) atoms. The van der Waals surface area contributed by atoms with Crippen molar-refractivity contribution in [2.75, 3.05) is 32.1 Å². The summed E-state index contributed by atoms with van der Waals surface area (Å²) in [6.07, 6.45) is 2.45. The van der Waals surface area contributed by atoms with E-state index >= 15 is 0 Å². The first-order valence-corrected chi connectivity index (χ1v) is 14.2. The molecule has 0 saturated carbocycles. The first kappa shape index (κ1) is 24.9. The number of ether oxygens (including phenoxy) is 1. The molecule has 2 aliphatic rings. The lowest BCUT2D eigenvalue weighted by Crippen LogP contribution is -2.26. The molecule has 0 spiro atoms. The number of likely N-dealkylation sites (tertiary alicyclic amines) is 1. The molecule has 0 aliphatic carbocycles. The Morgan fingerprint density at radius 2 is 1.81 bits per heavy atom. The molecule has 0 bridgehead atoms. The van der Waals surface area contributed by atoms with E-state index in [0.717, 1.165) is 65.4 Å². The van der Waals surface area contributed by atoms with E-state index in [2.05, 4.69) is 85.5 Å². The highest BCUT2D eigenvalue weighted by molar-refractivity contribution is 7.85. The summed E-state index contributed by atoms with van der Waals surface area (Å²) in [7, 11) is -1.05. The van der Waals surface area contributed by atoms with E-state index in [1.807, 2.05) is 0 Å². The van der Waals surface area contributed by atoms with Gasteiger partial charge in [-0.2, -0.15) is 0 Å². The molecule has 1 unspecified atom stereocenters. The summed E-state index contributed by atoms with van der Waals surface area (Å²) in [5.41, 5.74) is 8.10. The molecular weight excluding hydrogens is 469 g/mol. The Hall–Kier alpha value is -2.76. The predicted octanol–water partition coefficient (Wildman–Crippen LogP) is 6.59. The maximum atomic E-state index is 13.3. The van der Waals surface area contributed by atoms with Crippen LogP contribution in [-0.4, -0.2) is 47.3 Å². The molecule has 0 radical (unpaired) electrons. The van der Waals surface area contributed by atoms with Gasteiger partial charge in [0.2, 0.25) is 0 Å². The molecule has 1 fully saturated rings. The van der Waals surface area contributed by atoms with Crippen LogP contribution in [0.15, 0.2) is 71.6 Å². The third-order valence-corrected chi connectivity index (χ3v) is 8.54. The molecule has 0 N–H and O–H groups in total. The third kappa shape index (κ3) is 5.47. The highest BCUT2D eigenvalue weighted by atomic mass is 32.2. The van der Waals surface area contributed by atoms with Crippen LogP contribution in [0.1, 0.15) is 47.1 Å². The summed E-state index contributed by atoms with van der Waals surface area (Å²) in [6, 6.07) is 23.3. The second-order valence-corrected chi connectivity index (χ2v) is 11.5. The van der Waals surface area contributed by atoms with Crippen LogP contribution in [0.2, 0.25) is 0 Å². The Kier molecular flexibility index (Phi) is 7.68. The molecule has 0 amide bonds. The summed E-state index contributed by atoms with van der Waals surface area (Å²) in [6.45, 7) is 6.52. The lowest BCUT2D eigenvalue weighted by atomic mass is 9.87. The maximum Gasteiger partial charge on any atom is 0.119 e. The van der Waals surface area contributed by atoms with E-state index in [9.17, 15) is 8.60 Å². The molecule has 2 aliphatic heterocycles. The maximum absolute atomic E-state index is 13.3. The monoisotopic (exact) mass is 503 g/mol. The van der Waals surface area contributed by atoms with Crippen molar-refractivity contribution >= 4 is 21.9 Å². The number of fused-ring (bicyclic) bond motifs is 1. The number of aryl methyl sites for hydroxylation is 2. The number of hydrogen-bond donors (Lipinski definition) is 0. The van der Waals surface area contributed by atoms with Crippen LogP contribution < -0.4 is 4.74 Å². The third-order valence-electron chi connectivity index (χ3n) is 7.14. The van der Waals surface area contributed by atoms with Gasteiger partial charge in [0, 0.05) is 30.3 Å². The minimum absolute atomic E-state index is 0.140. The zero-order valence-corrected chi connectivity index (χ0v) is 22.0. The van der Waals surface area contributed by atoms with Crippen LogP contribution in [0, 0.1) is 13.8 Å². The summed E-state index contributed by atoms with van der Waals surface area (Å²) in [5.74, 6) is 1.47. The number of nitrogens with zero attached hydrogens (tertiary/aromatic N) is 1. The number of allylic oxidation sites excluding steroid dienone is 1. The van der Waals surface area contributed by atoms with Gasteiger partial charge in [-0.15, -0.1) is 0 Å². The van der Waals surface area contributed by atoms with Crippen molar-refractivity contribution in [3.8, 4) is 5.75 Å². The molecule has 188 valence electrons. The zero-order chi connectivity index (χ0) is 25.1. The van der Waals surface area contributed by atoms with Crippen molar-refractivity contribution in [2.24, 2.45) is 0 Å². The molecule has 3 nitrogen and oxygen atoms in total. The number of benzene rings is 3.